The van der Waals surface area contributed by atoms with E-state index >= 15 is 0 Å². The molecule has 26 heavy (non-hydrogen) atoms. The SMILES string of the molecule is C=C[C@@H](O)c1cc(OC)c(O[C@@H]2O[C@H](CO)[C@@H](O)[C@H](O)[C@H]2O)c(OC)c1. The highest BCUT2D eigenvalue weighted by molar-refractivity contribution is 5.54. The molecule has 1 fully saturated rings. The molecule has 0 unspecified atom stereocenters. The van der Waals surface area contributed by atoms with Gasteiger partial charge in [-0.1, -0.05) is 6.08 Å². The van der Waals surface area contributed by atoms with Crippen LogP contribution in [0.1, 0.15) is 11.7 Å². The van der Waals surface area contributed by atoms with Gasteiger partial charge in [-0.3, -0.25) is 0 Å². The molecule has 1 aromatic carbocycles. The molecular weight excluding hydrogens is 348 g/mol. The Morgan fingerprint density at radius 2 is 1.69 bits per heavy atom. The van der Waals surface area contributed by atoms with Crippen molar-refractivity contribution in [2.45, 2.75) is 36.8 Å². The van der Waals surface area contributed by atoms with E-state index in [-0.39, 0.29) is 17.2 Å². The van der Waals surface area contributed by atoms with Crippen molar-refractivity contribution in [2.24, 2.45) is 0 Å². The maximum Gasteiger partial charge on any atom is 0.229 e. The number of ether oxygens (including phenoxy) is 4. The molecule has 5 N–H and O–H groups in total. The Morgan fingerprint density at radius 3 is 2.15 bits per heavy atom. The lowest BCUT2D eigenvalue weighted by Gasteiger charge is -2.39. The topological polar surface area (TPSA) is 138 Å². The monoisotopic (exact) mass is 372 g/mol. The summed E-state index contributed by atoms with van der Waals surface area (Å²) in [6, 6.07) is 2.99. The van der Waals surface area contributed by atoms with Crippen LogP contribution in [0.25, 0.3) is 0 Å². The molecule has 1 aromatic rings. The van der Waals surface area contributed by atoms with Crippen molar-refractivity contribution < 1.29 is 44.5 Å². The number of rotatable bonds is 7. The van der Waals surface area contributed by atoms with Crippen LogP contribution in [0, 0.1) is 0 Å². The fourth-order valence-corrected chi connectivity index (χ4v) is 2.60. The molecule has 2 rings (SSSR count). The summed E-state index contributed by atoms with van der Waals surface area (Å²) in [5.74, 6) is 0.411. The largest absolute Gasteiger partial charge is 0.493 e. The third kappa shape index (κ3) is 3.93. The third-order valence-corrected chi connectivity index (χ3v) is 4.13. The van der Waals surface area contributed by atoms with Crippen LogP contribution in [-0.4, -0.2) is 77.1 Å². The van der Waals surface area contributed by atoms with Crippen LogP contribution in [0.5, 0.6) is 17.2 Å². The highest BCUT2D eigenvalue weighted by atomic mass is 16.7. The van der Waals surface area contributed by atoms with Crippen molar-refractivity contribution in [3.05, 3.63) is 30.4 Å². The highest BCUT2D eigenvalue weighted by Gasteiger charge is 2.45. The van der Waals surface area contributed by atoms with Gasteiger partial charge in [0.1, 0.15) is 24.4 Å². The van der Waals surface area contributed by atoms with Crippen LogP contribution in [0.15, 0.2) is 24.8 Å². The van der Waals surface area contributed by atoms with Crippen molar-refractivity contribution in [1.29, 1.82) is 0 Å². The standard InChI is InChI=1S/C17H24O9/c1-4-9(19)8-5-10(23-2)16(11(6-8)24-3)26-17-15(22)14(21)13(20)12(7-18)25-17/h4-6,9,12-15,17-22H,1,7H2,2-3H3/t9-,12-,13-,14+,15-,17+/m1/s1. The van der Waals surface area contributed by atoms with Gasteiger partial charge in [-0.25, -0.2) is 0 Å². The average molecular weight is 372 g/mol. The molecule has 0 aromatic heterocycles. The minimum atomic E-state index is -1.58. The maximum absolute atomic E-state index is 10.1. The number of hydrogen-bond donors (Lipinski definition) is 5. The molecule has 1 heterocycles. The lowest BCUT2D eigenvalue weighted by molar-refractivity contribution is -0.277. The predicted molar refractivity (Wildman–Crippen MR) is 89.1 cm³/mol. The van der Waals surface area contributed by atoms with Crippen molar-refractivity contribution in [1.82, 2.24) is 0 Å². The summed E-state index contributed by atoms with van der Waals surface area (Å²) in [5, 5.41) is 49.0. The molecule has 0 radical (unpaired) electrons. The Hall–Kier alpha value is -1.88. The van der Waals surface area contributed by atoms with Gasteiger partial charge in [0.2, 0.25) is 12.0 Å². The van der Waals surface area contributed by atoms with Gasteiger partial charge < -0.3 is 44.5 Å². The second-order valence-electron chi connectivity index (χ2n) is 5.75. The predicted octanol–water partition coefficient (Wildman–Crippen LogP) is -0.898. The smallest absolute Gasteiger partial charge is 0.229 e. The van der Waals surface area contributed by atoms with Crippen LogP contribution >= 0.6 is 0 Å². The van der Waals surface area contributed by atoms with Crippen molar-refractivity contribution in [3.8, 4) is 17.2 Å². The molecule has 1 aliphatic heterocycles. The first-order chi connectivity index (χ1) is 12.4. The van der Waals surface area contributed by atoms with E-state index < -0.39 is 43.4 Å². The van der Waals surface area contributed by atoms with Gasteiger partial charge in [-0.05, 0) is 17.7 Å². The summed E-state index contributed by atoms with van der Waals surface area (Å²) in [5.41, 5.74) is 0.440. The molecule has 0 spiro atoms. The van der Waals surface area contributed by atoms with E-state index in [1.807, 2.05) is 0 Å². The van der Waals surface area contributed by atoms with Crippen LogP contribution in [-0.2, 0) is 4.74 Å². The summed E-state index contributed by atoms with van der Waals surface area (Å²) in [6.07, 6.45) is -6.80. The minimum Gasteiger partial charge on any atom is -0.493 e. The molecule has 0 bridgehead atoms. The zero-order valence-corrected chi connectivity index (χ0v) is 14.5. The van der Waals surface area contributed by atoms with Gasteiger partial charge in [0.25, 0.3) is 0 Å². The molecular formula is C17H24O9. The molecule has 1 aliphatic rings. The maximum atomic E-state index is 10.1. The average Bonchev–Trinajstić information content (AvgIpc) is 2.67. The zero-order valence-electron chi connectivity index (χ0n) is 14.5. The molecule has 9 nitrogen and oxygen atoms in total. The fourth-order valence-electron chi connectivity index (χ4n) is 2.60. The molecule has 0 amide bonds. The molecule has 0 aliphatic carbocycles. The third-order valence-electron chi connectivity index (χ3n) is 4.13. The summed E-state index contributed by atoms with van der Waals surface area (Å²) in [6.45, 7) is 2.94. The van der Waals surface area contributed by atoms with E-state index in [4.69, 9.17) is 18.9 Å². The molecule has 146 valence electrons. The van der Waals surface area contributed by atoms with Gasteiger partial charge in [0.15, 0.2) is 11.5 Å². The Balaban J connectivity index is 2.37. The van der Waals surface area contributed by atoms with Gasteiger partial charge in [0, 0.05) is 0 Å². The van der Waals surface area contributed by atoms with Crippen molar-refractivity contribution in [3.63, 3.8) is 0 Å². The molecule has 9 heteroatoms. The summed E-state index contributed by atoms with van der Waals surface area (Å²) >= 11 is 0. The van der Waals surface area contributed by atoms with E-state index in [9.17, 15) is 25.5 Å². The van der Waals surface area contributed by atoms with E-state index in [1.165, 1.54) is 32.4 Å². The number of aliphatic hydroxyl groups excluding tert-OH is 5. The Kier molecular flexibility index (Phi) is 6.81. The molecule has 0 saturated carbocycles. The van der Waals surface area contributed by atoms with E-state index in [1.54, 1.807) is 0 Å². The van der Waals surface area contributed by atoms with E-state index in [0.29, 0.717) is 5.56 Å². The van der Waals surface area contributed by atoms with E-state index in [2.05, 4.69) is 6.58 Å². The van der Waals surface area contributed by atoms with Crippen LogP contribution in [0.2, 0.25) is 0 Å². The van der Waals surface area contributed by atoms with Gasteiger partial charge in [-0.2, -0.15) is 0 Å². The van der Waals surface area contributed by atoms with Crippen molar-refractivity contribution >= 4 is 0 Å². The Morgan fingerprint density at radius 1 is 1.12 bits per heavy atom. The Bertz CT molecular complexity index is 593. The lowest BCUT2D eigenvalue weighted by atomic mass is 9.99. The van der Waals surface area contributed by atoms with Gasteiger partial charge in [-0.15, -0.1) is 6.58 Å². The summed E-state index contributed by atoms with van der Waals surface area (Å²) < 4.78 is 21.4. The number of aliphatic hydroxyl groups is 5. The second kappa shape index (κ2) is 8.67. The number of hydrogen-bond acceptors (Lipinski definition) is 9. The summed E-state index contributed by atoms with van der Waals surface area (Å²) in [4.78, 5) is 0. The molecule has 6 atom stereocenters. The van der Waals surface area contributed by atoms with Gasteiger partial charge >= 0.3 is 0 Å². The normalized spacial score (nSPS) is 29.7. The van der Waals surface area contributed by atoms with Crippen LogP contribution in [0.4, 0.5) is 0 Å². The lowest BCUT2D eigenvalue weighted by Crippen LogP contribution is -2.60. The van der Waals surface area contributed by atoms with Crippen LogP contribution < -0.4 is 14.2 Å². The van der Waals surface area contributed by atoms with Crippen molar-refractivity contribution in [2.75, 3.05) is 20.8 Å². The summed E-state index contributed by atoms with van der Waals surface area (Å²) in [7, 11) is 2.75. The quantitative estimate of drug-likeness (QED) is 0.386. The van der Waals surface area contributed by atoms with Gasteiger partial charge in [0.05, 0.1) is 26.9 Å². The second-order valence-corrected chi connectivity index (χ2v) is 5.75. The highest BCUT2D eigenvalue weighted by Crippen LogP contribution is 2.41. The molecule has 1 saturated heterocycles. The Labute approximate surface area is 150 Å². The first-order valence-electron chi connectivity index (χ1n) is 7.91. The van der Waals surface area contributed by atoms with Crippen LogP contribution in [0.3, 0.4) is 0 Å². The minimum absolute atomic E-state index is 0.0549. The number of benzene rings is 1. The zero-order chi connectivity index (χ0) is 19.4. The first kappa shape index (κ1) is 20.4. The number of methoxy groups -OCH3 is 2. The van der Waals surface area contributed by atoms with E-state index in [0.717, 1.165) is 0 Å². The fraction of sp³-hybridized carbons (Fsp3) is 0.529. The first-order valence-corrected chi connectivity index (χ1v) is 7.91.